The lowest BCUT2D eigenvalue weighted by molar-refractivity contribution is 0.859. The van der Waals surface area contributed by atoms with Crippen molar-refractivity contribution < 1.29 is 0 Å². The Balaban J connectivity index is 1.53. The molecule has 4 heterocycles. The van der Waals surface area contributed by atoms with Crippen molar-refractivity contribution >= 4 is 50.7 Å². The minimum absolute atomic E-state index is 0.0650. The summed E-state index contributed by atoms with van der Waals surface area (Å²) < 4.78 is 5.99. The Bertz CT molecular complexity index is 1380. The van der Waals surface area contributed by atoms with Gasteiger partial charge in [-0.2, -0.15) is 0 Å². The number of benzene rings is 1. The van der Waals surface area contributed by atoms with Crippen LogP contribution in [0.4, 0.5) is 0 Å². The number of aryl methyl sites for hydroxylation is 1. The van der Waals surface area contributed by atoms with E-state index in [2.05, 4.69) is 20.4 Å². The van der Waals surface area contributed by atoms with Gasteiger partial charge in [0.1, 0.15) is 16.9 Å². The number of thioether (sulfide) groups is 1. The second-order valence-electron chi connectivity index (χ2n) is 6.00. The number of hydrogen-bond donors (Lipinski definition) is 0. The summed E-state index contributed by atoms with van der Waals surface area (Å²) >= 11 is 9.00. The second kappa shape index (κ2) is 6.73. The molecule has 28 heavy (non-hydrogen) atoms. The maximum atomic E-state index is 12.4. The van der Waals surface area contributed by atoms with Crippen molar-refractivity contribution in [2.75, 3.05) is 0 Å². The predicted octanol–water partition coefficient (Wildman–Crippen LogP) is 3.17. The number of thiophene rings is 1. The van der Waals surface area contributed by atoms with Crippen LogP contribution in [0.15, 0.2) is 52.0 Å². The minimum atomic E-state index is -0.0650. The van der Waals surface area contributed by atoms with Crippen LogP contribution in [0.5, 0.6) is 0 Å². The van der Waals surface area contributed by atoms with Crippen LogP contribution in [0.2, 0.25) is 5.02 Å². The van der Waals surface area contributed by atoms with Crippen LogP contribution in [0, 0.1) is 0 Å². The van der Waals surface area contributed by atoms with Crippen LogP contribution in [0.3, 0.4) is 0 Å². The highest BCUT2D eigenvalue weighted by Crippen LogP contribution is 2.26. The molecule has 8 nitrogen and oxygen atoms in total. The third kappa shape index (κ3) is 2.72. The number of fused-ring (bicyclic) bond motifs is 3. The fraction of sp³-hybridized carbons (Fsp3) is 0.118. The molecule has 0 bridgehead atoms. The molecule has 0 saturated carbocycles. The summed E-state index contributed by atoms with van der Waals surface area (Å²) in [6.07, 6.45) is 1.65. The smallest absolute Gasteiger partial charge is 0.272 e. The number of aromatic nitrogens is 7. The second-order valence-corrected chi connectivity index (χ2v) is 8.30. The molecule has 4 aromatic heterocycles. The Labute approximate surface area is 171 Å². The Kier molecular flexibility index (Phi) is 4.18. The monoisotopic (exact) mass is 429 g/mol. The molecule has 0 amide bonds. The molecule has 0 fully saturated rings. The van der Waals surface area contributed by atoms with E-state index in [-0.39, 0.29) is 5.56 Å². The molecule has 0 unspecified atom stereocenters. The van der Waals surface area contributed by atoms with E-state index in [9.17, 15) is 4.79 Å². The summed E-state index contributed by atoms with van der Waals surface area (Å²) in [6.45, 7) is 0. The van der Waals surface area contributed by atoms with Gasteiger partial charge in [0.15, 0.2) is 5.16 Å². The SMILES string of the molecule is Cn1c(=O)c2sccc2n2c(CSc3nncn3-c3cccc(Cl)c3)nnc12. The fourth-order valence-corrected chi connectivity index (χ4v) is 4.88. The number of halogens is 1. The molecule has 0 aliphatic heterocycles. The van der Waals surface area contributed by atoms with Crippen molar-refractivity contribution in [3.8, 4) is 5.69 Å². The molecule has 0 aliphatic rings. The summed E-state index contributed by atoms with van der Waals surface area (Å²) in [5.41, 5.74) is 1.64. The third-order valence-corrected chi connectivity index (χ3v) is 6.40. The Morgan fingerprint density at radius 1 is 1.21 bits per heavy atom. The molecular weight excluding hydrogens is 418 g/mol. The zero-order valence-corrected chi connectivity index (χ0v) is 16.9. The predicted molar refractivity (Wildman–Crippen MR) is 110 cm³/mol. The molecule has 1 aromatic carbocycles. The van der Waals surface area contributed by atoms with Crippen LogP contribution in [0.1, 0.15) is 5.82 Å². The molecule has 0 saturated heterocycles. The van der Waals surface area contributed by atoms with Crippen molar-refractivity contribution in [3.63, 3.8) is 0 Å². The Hall–Kier alpha value is -2.69. The number of rotatable bonds is 4. The van der Waals surface area contributed by atoms with E-state index in [1.165, 1.54) is 27.7 Å². The molecule has 0 atom stereocenters. The maximum absolute atomic E-state index is 12.4. The lowest BCUT2D eigenvalue weighted by atomic mass is 10.3. The van der Waals surface area contributed by atoms with Gasteiger partial charge in [-0.1, -0.05) is 29.4 Å². The van der Waals surface area contributed by atoms with E-state index in [4.69, 9.17) is 11.6 Å². The lowest BCUT2D eigenvalue weighted by Crippen LogP contribution is -2.19. The number of nitrogens with zero attached hydrogens (tertiary/aromatic N) is 7. The van der Waals surface area contributed by atoms with Crippen LogP contribution < -0.4 is 5.56 Å². The Morgan fingerprint density at radius 3 is 2.96 bits per heavy atom. The Morgan fingerprint density at radius 2 is 2.11 bits per heavy atom. The molecule has 5 rings (SSSR count). The normalized spacial score (nSPS) is 11.6. The summed E-state index contributed by atoms with van der Waals surface area (Å²) in [5, 5.41) is 20.0. The van der Waals surface area contributed by atoms with Crippen LogP contribution in [-0.4, -0.2) is 33.9 Å². The summed E-state index contributed by atoms with van der Waals surface area (Å²) in [6, 6.07) is 9.41. The summed E-state index contributed by atoms with van der Waals surface area (Å²) in [7, 11) is 1.71. The highest BCUT2D eigenvalue weighted by Gasteiger charge is 2.17. The van der Waals surface area contributed by atoms with Crippen molar-refractivity contribution in [2.24, 2.45) is 7.05 Å². The first-order valence-corrected chi connectivity index (χ1v) is 10.5. The molecule has 0 aliphatic carbocycles. The van der Waals surface area contributed by atoms with Crippen LogP contribution in [0.25, 0.3) is 21.7 Å². The standard InChI is InChI=1S/C17H12ClN7OS2/c1-23-15(26)14-12(5-6-27-14)25-13(20-21-16(23)25)8-28-17-22-19-9-24(17)11-4-2-3-10(18)7-11/h2-7,9H,8H2,1H3. The van der Waals surface area contributed by atoms with E-state index in [1.54, 1.807) is 13.4 Å². The van der Waals surface area contributed by atoms with Crippen molar-refractivity contribution in [2.45, 2.75) is 10.9 Å². The van der Waals surface area contributed by atoms with Crippen LogP contribution in [-0.2, 0) is 12.8 Å². The zero-order chi connectivity index (χ0) is 19.3. The topological polar surface area (TPSA) is 82.9 Å². The average molecular weight is 430 g/mol. The number of hydrogen-bond acceptors (Lipinski definition) is 7. The molecule has 0 radical (unpaired) electrons. The first-order valence-electron chi connectivity index (χ1n) is 8.22. The van der Waals surface area contributed by atoms with Gasteiger partial charge in [-0.15, -0.1) is 31.7 Å². The molecule has 5 aromatic rings. The minimum Gasteiger partial charge on any atom is -0.279 e. The van der Waals surface area contributed by atoms with E-state index >= 15 is 0 Å². The highest BCUT2D eigenvalue weighted by molar-refractivity contribution is 7.98. The van der Waals surface area contributed by atoms with Gasteiger partial charge in [-0.05, 0) is 29.6 Å². The van der Waals surface area contributed by atoms with Gasteiger partial charge in [0.2, 0.25) is 5.78 Å². The molecule has 140 valence electrons. The summed E-state index contributed by atoms with van der Waals surface area (Å²) in [4.78, 5) is 12.4. The zero-order valence-electron chi connectivity index (χ0n) is 14.5. The molecule has 0 spiro atoms. The molecule has 11 heteroatoms. The van der Waals surface area contributed by atoms with E-state index in [0.717, 1.165) is 17.0 Å². The van der Waals surface area contributed by atoms with E-state index in [1.807, 2.05) is 44.7 Å². The summed E-state index contributed by atoms with van der Waals surface area (Å²) in [5.74, 6) is 1.77. The van der Waals surface area contributed by atoms with E-state index < -0.39 is 0 Å². The van der Waals surface area contributed by atoms with Crippen LogP contribution >= 0.6 is 34.7 Å². The maximum Gasteiger partial charge on any atom is 0.272 e. The van der Waals surface area contributed by atoms with Gasteiger partial charge in [0.25, 0.3) is 5.56 Å². The van der Waals surface area contributed by atoms with Gasteiger partial charge in [-0.25, -0.2) is 0 Å². The largest absolute Gasteiger partial charge is 0.279 e. The molecule has 0 N–H and O–H groups in total. The third-order valence-electron chi connectivity index (χ3n) is 4.33. The van der Waals surface area contributed by atoms with Gasteiger partial charge < -0.3 is 0 Å². The first-order chi connectivity index (χ1) is 13.6. The fourth-order valence-electron chi connectivity index (χ4n) is 3.00. The first kappa shape index (κ1) is 17.4. The van der Waals surface area contributed by atoms with Crippen molar-refractivity contribution in [1.82, 2.24) is 33.9 Å². The highest BCUT2D eigenvalue weighted by atomic mass is 35.5. The van der Waals surface area contributed by atoms with Gasteiger partial charge in [-0.3, -0.25) is 18.3 Å². The van der Waals surface area contributed by atoms with Crippen molar-refractivity contribution in [1.29, 1.82) is 0 Å². The average Bonchev–Trinajstić information content (AvgIpc) is 3.42. The van der Waals surface area contributed by atoms with Gasteiger partial charge in [0, 0.05) is 12.1 Å². The van der Waals surface area contributed by atoms with E-state index in [0.29, 0.717) is 26.4 Å². The van der Waals surface area contributed by atoms with Gasteiger partial charge in [0.05, 0.1) is 17.0 Å². The lowest BCUT2D eigenvalue weighted by Gasteiger charge is -2.07. The van der Waals surface area contributed by atoms with Crippen molar-refractivity contribution in [3.05, 3.63) is 63.2 Å². The van der Waals surface area contributed by atoms with Gasteiger partial charge >= 0.3 is 0 Å². The quantitative estimate of drug-likeness (QED) is 0.408. The molecular formula is C17H12ClN7OS2.